The first-order chi connectivity index (χ1) is 9.79. The predicted octanol–water partition coefficient (Wildman–Crippen LogP) is 5.74. The SMILES string of the molecule is C=Nc1cc([C@H]2C[C@@H]2C(C)C)ccc1/C(=C\C)C(F)(F)F. The highest BCUT2D eigenvalue weighted by atomic mass is 19.4. The molecule has 4 heteroatoms. The van der Waals surface area contributed by atoms with Crippen molar-refractivity contribution in [2.45, 2.75) is 39.3 Å². The van der Waals surface area contributed by atoms with Crippen molar-refractivity contribution in [3.05, 3.63) is 35.4 Å². The monoisotopic (exact) mass is 295 g/mol. The molecule has 0 N–H and O–H groups in total. The first-order valence-electron chi connectivity index (χ1n) is 7.14. The maximum atomic E-state index is 13.0. The fraction of sp³-hybridized carbons (Fsp3) is 0.471. The van der Waals surface area contributed by atoms with Crippen molar-refractivity contribution < 1.29 is 13.2 Å². The van der Waals surface area contributed by atoms with Crippen LogP contribution in [0.3, 0.4) is 0 Å². The third kappa shape index (κ3) is 3.20. The van der Waals surface area contributed by atoms with Crippen LogP contribution in [0.15, 0.2) is 29.3 Å². The molecule has 21 heavy (non-hydrogen) atoms. The van der Waals surface area contributed by atoms with E-state index >= 15 is 0 Å². The van der Waals surface area contributed by atoms with Gasteiger partial charge in [-0.3, -0.25) is 4.99 Å². The van der Waals surface area contributed by atoms with E-state index in [4.69, 9.17) is 0 Å². The molecule has 2 rings (SSSR count). The average Bonchev–Trinajstić information content (AvgIpc) is 3.18. The molecule has 1 aromatic carbocycles. The van der Waals surface area contributed by atoms with Crippen LogP contribution in [0.4, 0.5) is 18.9 Å². The molecule has 114 valence electrons. The molecule has 0 unspecified atom stereocenters. The third-order valence-corrected chi connectivity index (χ3v) is 4.20. The van der Waals surface area contributed by atoms with E-state index < -0.39 is 11.7 Å². The summed E-state index contributed by atoms with van der Waals surface area (Å²) in [6.45, 7) is 9.16. The summed E-state index contributed by atoms with van der Waals surface area (Å²) in [6.07, 6.45) is -2.20. The molecule has 0 heterocycles. The minimum atomic E-state index is -4.38. The van der Waals surface area contributed by atoms with Gasteiger partial charge in [-0.2, -0.15) is 13.2 Å². The number of hydrogen-bond donors (Lipinski definition) is 0. The zero-order valence-corrected chi connectivity index (χ0v) is 12.5. The van der Waals surface area contributed by atoms with Gasteiger partial charge >= 0.3 is 6.18 Å². The van der Waals surface area contributed by atoms with Gasteiger partial charge in [0, 0.05) is 5.56 Å². The summed E-state index contributed by atoms with van der Waals surface area (Å²) in [5.74, 6) is 1.66. The zero-order chi connectivity index (χ0) is 15.8. The molecule has 1 fully saturated rings. The second-order valence-electron chi connectivity index (χ2n) is 5.88. The van der Waals surface area contributed by atoms with Gasteiger partial charge < -0.3 is 0 Å². The number of alkyl halides is 3. The molecular weight excluding hydrogens is 275 g/mol. The molecule has 0 saturated heterocycles. The van der Waals surface area contributed by atoms with Crippen molar-refractivity contribution in [1.29, 1.82) is 0 Å². The van der Waals surface area contributed by atoms with Gasteiger partial charge in [-0.25, -0.2) is 0 Å². The van der Waals surface area contributed by atoms with Crippen molar-refractivity contribution in [3.8, 4) is 0 Å². The largest absolute Gasteiger partial charge is 0.416 e. The van der Waals surface area contributed by atoms with Crippen molar-refractivity contribution >= 4 is 18.0 Å². The van der Waals surface area contributed by atoms with Crippen LogP contribution in [-0.4, -0.2) is 12.9 Å². The molecule has 2 atom stereocenters. The van der Waals surface area contributed by atoms with Crippen LogP contribution in [0.1, 0.15) is 44.2 Å². The highest BCUT2D eigenvalue weighted by Crippen LogP contribution is 2.52. The number of nitrogens with zero attached hydrogens (tertiary/aromatic N) is 1. The van der Waals surface area contributed by atoms with Gasteiger partial charge in [0.25, 0.3) is 0 Å². The van der Waals surface area contributed by atoms with Crippen molar-refractivity contribution in [1.82, 2.24) is 0 Å². The molecular formula is C17H20F3N. The van der Waals surface area contributed by atoms with Gasteiger partial charge in [0.15, 0.2) is 0 Å². The van der Waals surface area contributed by atoms with Crippen LogP contribution >= 0.6 is 0 Å². The molecule has 0 radical (unpaired) electrons. The number of aliphatic imine (C=N–C) groups is 1. The Morgan fingerprint density at radius 1 is 1.38 bits per heavy atom. The van der Waals surface area contributed by atoms with Gasteiger partial charge in [-0.1, -0.05) is 32.1 Å². The van der Waals surface area contributed by atoms with Crippen LogP contribution in [0.5, 0.6) is 0 Å². The van der Waals surface area contributed by atoms with Crippen molar-refractivity contribution in [3.63, 3.8) is 0 Å². The van der Waals surface area contributed by atoms with Crippen LogP contribution in [0.2, 0.25) is 0 Å². The summed E-state index contributed by atoms with van der Waals surface area (Å²) < 4.78 is 39.1. The highest BCUT2D eigenvalue weighted by molar-refractivity contribution is 5.78. The smallest absolute Gasteiger partial charge is 0.264 e. The summed E-state index contributed by atoms with van der Waals surface area (Å²) in [4.78, 5) is 3.80. The predicted molar refractivity (Wildman–Crippen MR) is 81.0 cm³/mol. The third-order valence-electron chi connectivity index (χ3n) is 4.20. The Morgan fingerprint density at radius 2 is 2.05 bits per heavy atom. The van der Waals surface area contributed by atoms with E-state index in [0.717, 1.165) is 18.1 Å². The molecule has 0 bridgehead atoms. The van der Waals surface area contributed by atoms with Crippen LogP contribution in [0.25, 0.3) is 5.57 Å². The van der Waals surface area contributed by atoms with E-state index in [1.165, 1.54) is 13.0 Å². The summed E-state index contributed by atoms with van der Waals surface area (Å²) in [7, 11) is 0. The Labute approximate surface area is 123 Å². The van der Waals surface area contributed by atoms with E-state index in [1.807, 2.05) is 0 Å². The average molecular weight is 295 g/mol. The lowest BCUT2D eigenvalue weighted by Gasteiger charge is -2.15. The lowest BCUT2D eigenvalue weighted by Crippen LogP contribution is -2.10. The summed E-state index contributed by atoms with van der Waals surface area (Å²) >= 11 is 0. The summed E-state index contributed by atoms with van der Waals surface area (Å²) in [5.41, 5.74) is 0.822. The zero-order valence-electron chi connectivity index (χ0n) is 12.5. The summed E-state index contributed by atoms with van der Waals surface area (Å²) in [6, 6.07) is 5.08. The molecule has 1 aliphatic rings. The quantitative estimate of drug-likeness (QED) is 0.628. The minimum Gasteiger partial charge on any atom is -0.264 e. The summed E-state index contributed by atoms with van der Waals surface area (Å²) in [5, 5.41) is 0. The molecule has 0 aliphatic heterocycles. The van der Waals surface area contributed by atoms with Crippen molar-refractivity contribution in [2.75, 3.05) is 0 Å². The van der Waals surface area contributed by atoms with E-state index in [1.54, 1.807) is 12.1 Å². The lowest BCUT2D eigenvalue weighted by atomic mass is 9.97. The Kier molecular flexibility index (Phi) is 4.26. The lowest BCUT2D eigenvalue weighted by molar-refractivity contribution is -0.0689. The van der Waals surface area contributed by atoms with E-state index in [-0.39, 0.29) is 5.56 Å². The fourth-order valence-corrected chi connectivity index (χ4v) is 2.94. The second-order valence-corrected chi connectivity index (χ2v) is 5.88. The topological polar surface area (TPSA) is 12.4 Å². The van der Waals surface area contributed by atoms with Gasteiger partial charge in [0.2, 0.25) is 0 Å². The van der Waals surface area contributed by atoms with Crippen LogP contribution in [-0.2, 0) is 0 Å². The van der Waals surface area contributed by atoms with E-state index in [9.17, 15) is 13.2 Å². The maximum absolute atomic E-state index is 13.0. The molecule has 0 aromatic heterocycles. The Balaban J connectivity index is 2.36. The minimum absolute atomic E-state index is 0.102. The normalized spacial score (nSPS) is 22.5. The van der Waals surface area contributed by atoms with Crippen LogP contribution < -0.4 is 0 Å². The number of halogens is 3. The number of rotatable bonds is 4. The highest BCUT2D eigenvalue weighted by Gasteiger charge is 2.41. The molecule has 1 saturated carbocycles. The van der Waals surface area contributed by atoms with Crippen LogP contribution in [0, 0.1) is 11.8 Å². The second kappa shape index (κ2) is 5.66. The first kappa shape index (κ1) is 15.8. The Bertz CT molecular complexity index is 570. The van der Waals surface area contributed by atoms with Gasteiger partial charge in [-0.15, -0.1) is 0 Å². The van der Waals surface area contributed by atoms with Gasteiger partial charge in [0.1, 0.15) is 0 Å². The molecule has 0 amide bonds. The maximum Gasteiger partial charge on any atom is 0.416 e. The van der Waals surface area contributed by atoms with Gasteiger partial charge in [0.05, 0.1) is 11.3 Å². The standard InChI is InChI=1S/C17H20F3N/c1-5-15(17(18,19)20)12-7-6-11(8-16(12)21-4)14-9-13(14)10(2)3/h5-8,10,13-14H,4,9H2,1-3H3/b15-5+/t13-,14-/m1/s1. The first-order valence-corrected chi connectivity index (χ1v) is 7.14. The van der Waals surface area contributed by atoms with Crippen molar-refractivity contribution in [2.24, 2.45) is 16.8 Å². The number of benzene rings is 1. The fourth-order valence-electron chi connectivity index (χ4n) is 2.94. The van der Waals surface area contributed by atoms with E-state index in [0.29, 0.717) is 23.4 Å². The molecule has 1 aromatic rings. The Hall–Kier alpha value is -1.58. The molecule has 0 spiro atoms. The molecule has 1 aliphatic carbocycles. The number of hydrogen-bond acceptors (Lipinski definition) is 1. The number of allylic oxidation sites excluding steroid dienone is 2. The Morgan fingerprint density at radius 3 is 2.48 bits per heavy atom. The molecule has 1 nitrogen and oxygen atoms in total. The van der Waals surface area contributed by atoms with E-state index in [2.05, 4.69) is 25.6 Å². The van der Waals surface area contributed by atoms with Gasteiger partial charge in [-0.05, 0) is 49.4 Å².